The Labute approximate surface area is 147 Å². The zero-order valence-electron chi connectivity index (χ0n) is 12.1. The van der Waals surface area contributed by atoms with Crippen molar-refractivity contribution in [2.75, 3.05) is 13.7 Å². The Hall–Kier alpha value is -0.660. The minimum absolute atomic E-state index is 0.0899. The molecule has 1 N–H and O–H groups in total. The first-order valence-electron chi connectivity index (χ1n) is 6.85. The summed E-state index contributed by atoms with van der Waals surface area (Å²) in [6.45, 7) is 2.81. The minimum atomic E-state index is 0.0899. The van der Waals surface area contributed by atoms with Crippen molar-refractivity contribution in [3.8, 4) is 5.75 Å². The van der Waals surface area contributed by atoms with Crippen LogP contribution in [0.15, 0.2) is 41.1 Å². The zero-order valence-corrected chi connectivity index (χ0v) is 15.8. The Bertz CT molecular complexity index is 607. The van der Waals surface area contributed by atoms with Gasteiger partial charge in [0.1, 0.15) is 5.75 Å². The molecule has 1 aromatic carbocycles. The number of nitrogens with zero attached hydrogens (tertiary/aromatic N) is 1. The highest BCUT2D eigenvalue weighted by atomic mass is 127. The molecule has 0 bridgehead atoms. The molecule has 21 heavy (non-hydrogen) atoms. The summed E-state index contributed by atoms with van der Waals surface area (Å²) in [5.41, 5.74) is 2.32. The van der Waals surface area contributed by atoms with E-state index in [1.54, 1.807) is 6.20 Å². The lowest BCUT2D eigenvalue weighted by Crippen LogP contribution is -2.19. The monoisotopic (exact) mass is 460 g/mol. The second-order valence-electron chi connectivity index (χ2n) is 4.69. The Morgan fingerprint density at radius 3 is 2.86 bits per heavy atom. The lowest BCUT2D eigenvalue weighted by molar-refractivity contribution is 0.315. The number of hydrogen-bond donors (Lipinski definition) is 1. The summed E-state index contributed by atoms with van der Waals surface area (Å²) in [4.78, 5) is 4.30. The number of ether oxygens (including phenoxy) is 1. The predicted molar refractivity (Wildman–Crippen MR) is 97.8 cm³/mol. The Morgan fingerprint density at radius 2 is 2.14 bits per heavy atom. The van der Waals surface area contributed by atoms with Crippen LogP contribution in [0.5, 0.6) is 5.75 Å². The summed E-state index contributed by atoms with van der Waals surface area (Å²) < 4.78 is 7.97. The molecule has 1 heterocycles. The van der Waals surface area contributed by atoms with Gasteiger partial charge in [-0.2, -0.15) is 0 Å². The number of halogens is 2. The third-order valence-corrected chi connectivity index (χ3v) is 4.57. The molecule has 0 spiro atoms. The highest BCUT2D eigenvalue weighted by Gasteiger charge is 2.16. The average molecular weight is 461 g/mol. The van der Waals surface area contributed by atoms with Crippen LogP contribution >= 0.6 is 38.5 Å². The van der Waals surface area contributed by atoms with Gasteiger partial charge in [0.15, 0.2) is 0 Å². The number of rotatable bonds is 6. The number of pyridine rings is 1. The van der Waals surface area contributed by atoms with Crippen molar-refractivity contribution in [3.63, 3.8) is 0 Å². The quantitative estimate of drug-likeness (QED) is 0.642. The maximum atomic E-state index is 5.68. The van der Waals surface area contributed by atoms with E-state index in [2.05, 4.69) is 80.0 Å². The topological polar surface area (TPSA) is 34.1 Å². The van der Waals surface area contributed by atoms with Crippen LogP contribution in [0.1, 0.15) is 30.5 Å². The second-order valence-corrected chi connectivity index (χ2v) is 6.77. The standard InChI is InChI=1S/C16H18BrIN2O/c1-3-6-21-13-7-11(9-20-10-13)16(19-2)14-8-12(17)4-5-15(14)18/h4-5,7-10,16,19H,3,6H2,1-2H3. The molecule has 1 unspecified atom stereocenters. The van der Waals surface area contributed by atoms with Crippen LogP contribution < -0.4 is 10.1 Å². The molecule has 0 aliphatic heterocycles. The lowest BCUT2D eigenvalue weighted by atomic mass is 10.0. The van der Waals surface area contributed by atoms with Gasteiger partial charge in [0.25, 0.3) is 0 Å². The minimum Gasteiger partial charge on any atom is -0.492 e. The summed E-state index contributed by atoms with van der Waals surface area (Å²) in [6.07, 6.45) is 4.64. The van der Waals surface area contributed by atoms with Crippen molar-refractivity contribution in [3.05, 3.63) is 55.8 Å². The highest BCUT2D eigenvalue weighted by molar-refractivity contribution is 14.1. The first kappa shape index (κ1) is 16.7. The van der Waals surface area contributed by atoms with Crippen LogP contribution in [0.2, 0.25) is 0 Å². The molecule has 1 atom stereocenters. The first-order chi connectivity index (χ1) is 10.2. The van der Waals surface area contributed by atoms with E-state index < -0.39 is 0 Å². The third kappa shape index (κ3) is 4.40. The third-order valence-electron chi connectivity index (χ3n) is 3.10. The number of aromatic nitrogens is 1. The van der Waals surface area contributed by atoms with E-state index in [4.69, 9.17) is 4.74 Å². The van der Waals surface area contributed by atoms with Crippen LogP contribution in [-0.2, 0) is 0 Å². The van der Waals surface area contributed by atoms with Gasteiger partial charge >= 0.3 is 0 Å². The summed E-state index contributed by atoms with van der Waals surface area (Å²) >= 11 is 5.90. The number of nitrogens with one attached hydrogen (secondary N) is 1. The van der Waals surface area contributed by atoms with Gasteiger partial charge in [-0.1, -0.05) is 22.9 Å². The van der Waals surface area contributed by atoms with Gasteiger partial charge in [-0.15, -0.1) is 0 Å². The van der Waals surface area contributed by atoms with Gasteiger partial charge < -0.3 is 10.1 Å². The second kappa shape index (κ2) is 8.10. The van der Waals surface area contributed by atoms with Crippen molar-refractivity contribution in [1.82, 2.24) is 10.3 Å². The number of hydrogen-bond acceptors (Lipinski definition) is 3. The summed E-state index contributed by atoms with van der Waals surface area (Å²) in [6, 6.07) is 8.45. The molecule has 1 aromatic heterocycles. The Balaban J connectivity index is 2.34. The number of benzene rings is 1. The maximum Gasteiger partial charge on any atom is 0.137 e. The van der Waals surface area contributed by atoms with Crippen molar-refractivity contribution < 1.29 is 4.74 Å². The normalized spacial score (nSPS) is 12.2. The van der Waals surface area contributed by atoms with Crippen molar-refractivity contribution in [2.24, 2.45) is 0 Å². The van der Waals surface area contributed by atoms with E-state index in [9.17, 15) is 0 Å². The molecule has 0 fully saturated rings. The lowest BCUT2D eigenvalue weighted by Gasteiger charge is -2.19. The molecule has 2 aromatic rings. The molecule has 0 saturated heterocycles. The Kier molecular flexibility index (Phi) is 6.44. The maximum absolute atomic E-state index is 5.68. The van der Waals surface area contributed by atoms with Crippen LogP contribution in [0.25, 0.3) is 0 Å². The van der Waals surface area contributed by atoms with Crippen LogP contribution in [0.4, 0.5) is 0 Å². The van der Waals surface area contributed by atoms with Gasteiger partial charge in [-0.05, 0) is 71.5 Å². The molecule has 0 saturated carbocycles. The van der Waals surface area contributed by atoms with Gasteiger partial charge in [0, 0.05) is 14.2 Å². The molecular weight excluding hydrogens is 443 g/mol. The molecule has 0 radical (unpaired) electrons. The van der Waals surface area contributed by atoms with E-state index in [1.165, 1.54) is 9.13 Å². The molecule has 2 rings (SSSR count). The summed E-state index contributed by atoms with van der Waals surface area (Å²) in [7, 11) is 1.96. The molecule has 5 heteroatoms. The van der Waals surface area contributed by atoms with Crippen LogP contribution in [0, 0.1) is 3.57 Å². The van der Waals surface area contributed by atoms with E-state index in [-0.39, 0.29) is 6.04 Å². The van der Waals surface area contributed by atoms with Crippen molar-refractivity contribution >= 4 is 38.5 Å². The van der Waals surface area contributed by atoms with Gasteiger partial charge in [0.2, 0.25) is 0 Å². The fourth-order valence-electron chi connectivity index (χ4n) is 2.13. The SMILES string of the molecule is CCCOc1cncc(C(NC)c2cc(Br)ccc2I)c1. The molecular formula is C16H18BrIN2O. The predicted octanol–water partition coefficient (Wildman–Crippen LogP) is 4.55. The van der Waals surface area contributed by atoms with Crippen LogP contribution in [-0.4, -0.2) is 18.6 Å². The van der Waals surface area contributed by atoms with Gasteiger partial charge in [-0.25, -0.2) is 0 Å². The zero-order chi connectivity index (χ0) is 15.2. The van der Waals surface area contributed by atoms with E-state index >= 15 is 0 Å². The molecule has 3 nitrogen and oxygen atoms in total. The van der Waals surface area contributed by atoms with E-state index in [1.807, 2.05) is 13.2 Å². The average Bonchev–Trinajstić information content (AvgIpc) is 2.50. The van der Waals surface area contributed by atoms with Gasteiger partial charge in [0.05, 0.1) is 18.8 Å². The molecule has 0 aliphatic rings. The molecule has 0 aliphatic carbocycles. The van der Waals surface area contributed by atoms with Crippen LogP contribution in [0.3, 0.4) is 0 Å². The van der Waals surface area contributed by atoms with Crippen molar-refractivity contribution in [1.29, 1.82) is 0 Å². The molecule has 112 valence electrons. The highest BCUT2D eigenvalue weighted by Crippen LogP contribution is 2.29. The fraction of sp³-hybridized carbons (Fsp3) is 0.312. The largest absolute Gasteiger partial charge is 0.492 e. The van der Waals surface area contributed by atoms with E-state index in [0.717, 1.165) is 22.2 Å². The smallest absolute Gasteiger partial charge is 0.137 e. The first-order valence-corrected chi connectivity index (χ1v) is 8.72. The summed E-state index contributed by atoms with van der Waals surface area (Å²) in [5.74, 6) is 0.819. The fourth-order valence-corrected chi connectivity index (χ4v) is 3.16. The Morgan fingerprint density at radius 1 is 1.33 bits per heavy atom. The van der Waals surface area contributed by atoms with Gasteiger partial charge in [-0.3, -0.25) is 4.98 Å². The summed E-state index contributed by atoms with van der Waals surface area (Å²) in [5, 5.41) is 3.36. The van der Waals surface area contributed by atoms with E-state index in [0.29, 0.717) is 6.61 Å². The molecule has 0 amide bonds. The van der Waals surface area contributed by atoms with Crippen molar-refractivity contribution in [2.45, 2.75) is 19.4 Å².